The smallest absolute Gasteiger partial charge is 0.368 e. The maximum atomic E-state index is 13.5. The number of thioether (sulfide) groups is 1. The second-order valence-electron chi connectivity index (χ2n) is 7.28. The second-order valence-corrected chi connectivity index (χ2v) is 8.24. The zero-order valence-electron chi connectivity index (χ0n) is 16.9. The Hall–Kier alpha value is -2.89. The van der Waals surface area contributed by atoms with E-state index in [1.807, 2.05) is 0 Å². The molecule has 2 heterocycles. The molecule has 0 aliphatic carbocycles. The van der Waals surface area contributed by atoms with Gasteiger partial charge in [0.05, 0.1) is 16.0 Å². The number of primary amides is 1. The van der Waals surface area contributed by atoms with Gasteiger partial charge in [0.1, 0.15) is 11.9 Å². The molecule has 172 valence electrons. The molecule has 4 amide bonds. The Morgan fingerprint density at radius 1 is 1.19 bits per heavy atom. The van der Waals surface area contributed by atoms with E-state index in [9.17, 15) is 36.7 Å². The van der Waals surface area contributed by atoms with Crippen LogP contribution in [0.2, 0.25) is 0 Å². The molecule has 0 saturated carbocycles. The number of benzene rings is 1. The van der Waals surface area contributed by atoms with Crippen LogP contribution in [0.4, 0.5) is 22.4 Å². The fourth-order valence-corrected chi connectivity index (χ4v) is 4.71. The van der Waals surface area contributed by atoms with Crippen molar-refractivity contribution in [2.45, 2.75) is 38.4 Å². The molecule has 2 fully saturated rings. The standard InChI is InChI=1S/C20H19F4N3O4S/c1-2-14(16(25)28)27-18(30)15(32-19(27)31)10-5-7-26(8-6-10)17(29)12-9-11(21)3-4-13(12)20(22,23)24/h3-4,9,14H,2,5-8H2,1H3,(H2,25,28). The lowest BCUT2D eigenvalue weighted by molar-refractivity contribution is -0.138. The Balaban J connectivity index is 1.79. The SMILES string of the molecule is CCC(C(N)=O)N1C(=O)SC(=C2CCN(C(=O)c3cc(F)ccc3C(F)(F)F)CC2)C1=O. The van der Waals surface area contributed by atoms with E-state index in [0.29, 0.717) is 35.5 Å². The summed E-state index contributed by atoms with van der Waals surface area (Å²) in [5.41, 5.74) is 3.83. The highest BCUT2D eigenvalue weighted by atomic mass is 32.2. The Morgan fingerprint density at radius 2 is 1.81 bits per heavy atom. The number of likely N-dealkylation sites (tertiary alicyclic amines) is 1. The van der Waals surface area contributed by atoms with Crippen LogP contribution in [0.5, 0.6) is 0 Å². The van der Waals surface area contributed by atoms with Crippen LogP contribution in [0.1, 0.15) is 42.1 Å². The van der Waals surface area contributed by atoms with Gasteiger partial charge in [-0.3, -0.25) is 24.1 Å². The first-order valence-corrected chi connectivity index (χ1v) is 10.5. The summed E-state index contributed by atoms with van der Waals surface area (Å²) in [4.78, 5) is 51.4. The Labute approximate surface area is 184 Å². The third-order valence-corrected chi connectivity index (χ3v) is 6.36. The molecule has 1 aromatic rings. The summed E-state index contributed by atoms with van der Waals surface area (Å²) in [5.74, 6) is -3.39. The van der Waals surface area contributed by atoms with Crippen molar-refractivity contribution >= 4 is 34.7 Å². The normalized spacial score (nSPS) is 18.4. The van der Waals surface area contributed by atoms with Gasteiger partial charge in [0.15, 0.2) is 0 Å². The number of amides is 4. The van der Waals surface area contributed by atoms with Gasteiger partial charge in [-0.2, -0.15) is 13.2 Å². The fourth-order valence-electron chi connectivity index (χ4n) is 3.69. The predicted octanol–water partition coefficient (Wildman–Crippen LogP) is 3.29. The summed E-state index contributed by atoms with van der Waals surface area (Å²) >= 11 is 0.671. The van der Waals surface area contributed by atoms with Gasteiger partial charge < -0.3 is 10.6 Å². The molecule has 1 atom stereocenters. The Kier molecular flexibility index (Phi) is 6.63. The number of carbonyl (C=O) groups excluding carboxylic acids is 4. The van der Waals surface area contributed by atoms with Crippen molar-refractivity contribution in [2.75, 3.05) is 13.1 Å². The molecule has 0 radical (unpaired) electrons. The highest BCUT2D eigenvalue weighted by Gasteiger charge is 2.43. The minimum Gasteiger partial charge on any atom is -0.368 e. The molecular formula is C20H19F4N3O4S. The molecule has 1 unspecified atom stereocenters. The maximum absolute atomic E-state index is 13.5. The van der Waals surface area contributed by atoms with Crippen molar-refractivity contribution in [2.24, 2.45) is 5.73 Å². The largest absolute Gasteiger partial charge is 0.417 e. The average molecular weight is 473 g/mol. The predicted molar refractivity (Wildman–Crippen MR) is 107 cm³/mol. The molecule has 2 aliphatic rings. The quantitative estimate of drug-likeness (QED) is 0.534. The van der Waals surface area contributed by atoms with Crippen molar-refractivity contribution in [1.82, 2.24) is 9.80 Å². The number of alkyl halides is 3. The van der Waals surface area contributed by atoms with Crippen molar-refractivity contribution < 1.29 is 36.7 Å². The molecule has 12 heteroatoms. The van der Waals surface area contributed by atoms with E-state index in [4.69, 9.17) is 5.73 Å². The number of nitrogens with zero attached hydrogens (tertiary/aromatic N) is 2. The molecule has 2 N–H and O–H groups in total. The minimum atomic E-state index is -4.82. The van der Waals surface area contributed by atoms with E-state index in [0.717, 1.165) is 9.80 Å². The van der Waals surface area contributed by atoms with Crippen LogP contribution >= 0.6 is 11.8 Å². The molecule has 2 aliphatic heterocycles. The Bertz CT molecular complexity index is 1010. The van der Waals surface area contributed by atoms with E-state index >= 15 is 0 Å². The maximum Gasteiger partial charge on any atom is 0.417 e. The highest BCUT2D eigenvalue weighted by molar-refractivity contribution is 8.18. The van der Waals surface area contributed by atoms with Crippen molar-refractivity contribution in [1.29, 1.82) is 0 Å². The first-order valence-electron chi connectivity index (χ1n) is 9.68. The number of hydrogen-bond acceptors (Lipinski definition) is 5. The van der Waals surface area contributed by atoms with E-state index < -0.39 is 52.1 Å². The molecular weight excluding hydrogens is 454 g/mol. The minimum absolute atomic E-state index is 0.0134. The van der Waals surface area contributed by atoms with Crippen LogP contribution < -0.4 is 5.73 Å². The first-order chi connectivity index (χ1) is 15.0. The topological polar surface area (TPSA) is 101 Å². The molecule has 32 heavy (non-hydrogen) atoms. The summed E-state index contributed by atoms with van der Waals surface area (Å²) in [6.45, 7) is 1.58. The van der Waals surface area contributed by atoms with Crippen LogP contribution in [0.3, 0.4) is 0 Å². The molecule has 0 aromatic heterocycles. The number of piperidine rings is 1. The molecule has 3 rings (SSSR count). The summed E-state index contributed by atoms with van der Waals surface area (Å²) in [6.07, 6.45) is -4.38. The van der Waals surface area contributed by atoms with Gasteiger partial charge in [0.25, 0.3) is 17.1 Å². The van der Waals surface area contributed by atoms with Gasteiger partial charge in [-0.05, 0) is 54.8 Å². The van der Waals surface area contributed by atoms with Gasteiger partial charge in [-0.15, -0.1) is 0 Å². The summed E-state index contributed by atoms with van der Waals surface area (Å²) in [6, 6.07) is 0.646. The van der Waals surface area contributed by atoms with Gasteiger partial charge >= 0.3 is 6.18 Å². The van der Waals surface area contributed by atoms with E-state index in [2.05, 4.69) is 0 Å². The average Bonchev–Trinajstić information content (AvgIpc) is 3.01. The zero-order chi connectivity index (χ0) is 23.8. The van der Waals surface area contributed by atoms with E-state index in [1.54, 1.807) is 6.92 Å². The monoisotopic (exact) mass is 473 g/mol. The summed E-state index contributed by atoms with van der Waals surface area (Å²) < 4.78 is 53.2. The van der Waals surface area contributed by atoms with Crippen LogP contribution in [0, 0.1) is 5.82 Å². The molecule has 1 aromatic carbocycles. The van der Waals surface area contributed by atoms with Crippen molar-refractivity contribution in [3.8, 4) is 0 Å². The molecule has 2 saturated heterocycles. The van der Waals surface area contributed by atoms with E-state index in [1.165, 1.54) is 0 Å². The summed E-state index contributed by atoms with van der Waals surface area (Å²) in [7, 11) is 0. The van der Waals surface area contributed by atoms with Gasteiger partial charge in [0, 0.05) is 13.1 Å². The van der Waals surface area contributed by atoms with Crippen molar-refractivity contribution in [3.63, 3.8) is 0 Å². The van der Waals surface area contributed by atoms with Crippen LogP contribution in [0.15, 0.2) is 28.7 Å². The number of rotatable bonds is 4. The number of imide groups is 1. The highest BCUT2D eigenvalue weighted by Crippen LogP contribution is 2.38. The van der Waals surface area contributed by atoms with Crippen molar-refractivity contribution in [3.05, 3.63) is 45.6 Å². The third kappa shape index (κ3) is 4.50. The number of hydrogen-bond donors (Lipinski definition) is 1. The lowest BCUT2D eigenvalue weighted by Crippen LogP contribution is -2.46. The fraction of sp³-hybridized carbons (Fsp3) is 0.400. The summed E-state index contributed by atoms with van der Waals surface area (Å²) in [5, 5.41) is -0.628. The lowest BCUT2D eigenvalue weighted by atomic mass is 10.00. The second kappa shape index (κ2) is 8.93. The molecule has 0 bridgehead atoms. The van der Waals surface area contributed by atoms with Crippen LogP contribution in [-0.4, -0.2) is 51.9 Å². The van der Waals surface area contributed by atoms with Crippen LogP contribution in [0.25, 0.3) is 0 Å². The lowest BCUT2D eigenvalue weighted by Gasteiger charge is -2.30. The molecule has 0 spiro atoms. The van der Waals surface area contributed by atoms with Gasteiger partial charge in [-0.25, -0.2) is 4.39 Å². The zero-order valence-corrected chi connectivity index (χ0v) is 17.7. The number of halogens is 4. The Morgan fingerprint density at radius 3 is 2.34 bits per heavy atom. The van der Waals surface area contributed by atoms with Gasteiger partial charge in [0.2, 0.25) is 5.91 Å². The van der Waals surface area contributed by atoms with Gasteiger partial charge in [-0.1, -0.05) is 6.92 Å². The van der Waals surface area contributed by atoms with E-state index in [-0.39, 0.29) is 37.3 Å². The number of nitrogens with two attached hydrogens (primary N) is 1. The molecule has 7 nitrogen and oxygen atoms in total. The third-order valence-electron chi connectivity index (χ3n) is 5.32. The number of carbonyl (C=O) groups is 4. The first kappa shape index (κ1) is 23.8. The van der Waals surface area contributed by atoms with Crippen LogP contribution in [-0.2, 0) is 15.8 Å².